The maximum Gasteiger partial charge on any atom is 0.416 e. The molecule has 0 bridgehead atoms. The zero-order valence-corrected chi connectivity index (χ0v) is 17.0. The highest BCUT2D eigenvalue weighted by atomic mass is 32.2. The van der Waals surface area contributed by atoms with Gasteiger partial charge in [-0.1, -0.05) is 31.9 Å². The van der Waals surface area contributed by atoms with E-state index in [0.717, 1.165) is 37.5 Å². The highest BCUT2D eigenvalue weighted by Gasteiger charge is 2.35. The Bertz CT molecular complexity index is 1020. The summed E-state index contributed by atoms with van der Waals surface area (Å²) in [5, 5.41) is 5.59. The molecule has 0 aliphatic carbocycles. The summed E-state index contributed by atoms with van der Waals surface area (Å²) in [5.41, 5.74) is -0.205. The number of carbonyl (C=O) groups excluding carboxylic acids is 1. The zero-order chi connectivity index (χ0) is 21.9. The molecule has 1 aliphatic heterocycles. The van der Waals surface area contributed by atoms with Crippen LogP contribution in [0.3, 0.4) is 0 Å². The molecule has 0 saturated heterocycles. The van der Waals surface area contributed by atoms with Crippen molar-refractivity contribution in [1.82, 2.24) is 10.0 Å². The Hall–Kier alpha value is -2.59. The molecule has 6 nitrogen and oxygen atoms in total. The van der Waals surface area contributed by atoms with Crippen LogP contribution < -0.4 is 15.4 Å². The lowest BCUT2D eigenvalue weighted by Crippen LogP contribution is -2.38. The summed E-state index contributed by atoms with van der Waals surface area (Å²) in [7, 11) is -4.00. The number of hydrogen-bond acceptors (Lipinski definition) is 4. The quantitative estimate of drug-likeness (QED) is 0.591. The summed E-state index contributed by atoms with van der Waals surface area (Å²) in [5.74, 6) is -0.241. The van der Waals surface area contributed by atoms with Gasteiger partial charge < -0.3 is 10.6 Å². The maximum absolute atomic E-state index is 13.0. The predicted molar refractivity (Wildman–Crippen MR) is 106 cm³/mol. The molecular weight excluding hydrogens is 419 g/mol. The van der Waals surface area contributed by atoms with E-state index in [1.807, 2.05) is 0 Å². The first-order valence-corrected chi connectivity index (χ1v) is 11.0. The van der Waals surface area contributed by atoms with Gasteiger partial charge in [0.25, 0.3) is 5.91 Å². The van der Waals surface area contributed by atoms with E-state index >= 15 is 0 Å². The van der Waals surface area contributed by atoms with Crippen LogP contribution in [0.1, 0.15) is 53.8 Å². The lowest BCUT2D eigenvalue weighted by Gasteiger charge is -2.29. The number of benzene rings is 2. The van der Waals surface area contributed by atoms with Crippen molar-refractivity contribution in [3.05, 3.63) is 59.2 Å². The van der Waals surface area contributed by atoms with Crippen molar-refractivity contribution >= 4 is 21.6 Å². The smallest absolute Gasteiger partial charge is 0.364 e. The van der Waals surface area contributed by atoms with Crippen LogP contribution in [-0.4, -0.2) is 20.9 Å². The first-order valence-electron chi connectivity index (χ1n) is 9.50. The van der Waals surface area contributed by atoms with E-state index in [9.17, 15) is 26.4 Å². The number of sulfonamides is 1. The van der Waals surface area contributed by atoms with Crippen LogP contribution in [0.15, 0.2) is 47.4 Å². The molecule has 1 atom stereocenters. The molecule has 3 rings (SSSR count). The molecule has 1 amide bonds. The van der Waals surface area contributed by atoms with Crippen molar-refractivity contribution in [1.29, 1.82) is 0 Å². The van der Waals surface area contributed by atoms with Gasteiger partial charge in [-0.25, -0.2) is 8.42 Å². The van der Waals surface area contributed by atoms with Crippen molar-refractivity contribution < 1.29 is 26.4 Å². The van der Waals surface area contributed by atoms with Crippen LogP contribution in [0.2, 0.25) is 0 Å². The van der Waals surface area contributed by atoms with Crippen LogP contribution in [0.5, 0.6) is 0 Å². The topological polar surface area (TPSA) is 87.3 Å². The lowest BCUT2D eigenvalue weighted by molar-refractivity contribution is -0.137. The van der Waals surface area contributed by atoms with Crippen molar-refractivity contribution in [2.45, 2.75) is 43.4 Å². The highest BCUT2D eigenvalue weighted by Crippen LogP contribution is 2.37. The molecule has 2 aromatic rings. The number of rotatable bonds is 6. The van der Waals surface area contributed by atoms with Gasteiger partial charge in [0.2, 0.25) is 10.0 Å². The minimum absolute atomic E-state index is 0.133. The Kier molecular flexibility index (Phi) is 6.37. The van der Waals surface area contributed by atoms with Crippen LogP contribution in [0.25, 0.3) is 0 Å². The molecule has 1 heterocycles. The van der Waals surface area contributed by atoms with Gasteiger partial charge in [-0.3, -0.25) is 4.79 Å². The van der Waals surface area contributed by atoms with Gasteiger partial charge in [0.1, 0.15) is 11.1 Å². The van der Waals surface area contributed by atoms with Crippen molar-refractivity contribution in [3.8, 4) is 0 Å². The largest absolute Gasteiger partial charge is 0.416 e. The number of unbranched alkanes of at least 4 members (excludes halogenated alkanes) is 2. The van der Waals surface area contributed by atoms with E-state index in [4.69, 9.17) is 0 Å². The van der Waals surface area contributed by atoms with Crippen molar-refractivity contribution in [2.75, 3.05) is 11.9 Å². The van der Waals surface area contributed by atoms with E-state index in [1.165, 1.54) is 0 Å². The molecule has 10 heteroatoms. The van der Waals surface area contributed by atoms with Gasteiger partial charge >= 0.3 is 6.18 Å². The summed E-state index contributed by atoms with van der Waals surface area (Å²) < 4.78 is 66.3. The number of amides is 1. The SMILES string of the molecule is CCCCCNC(=O)c1ccc(C2Nc3cc(C(F)(F)F)ccc3S(=O)(=O)N2)cc1. The van der Waals surface area contributed by atoms with Crippen molar-refractivity contribution in [3.63, 3.8) is 0 Å². The maximum atomic E-state index is 13.0. The van der Waals surface area contributed by atoms with Gasteiger partial charge in [-0.05, 0) is 42.3 Å². The predicted octanol–water partition coefficient (Wildman–Crippen LogP) is 4.03. The van der Waals surface area contributed by atoms with E-state index in [2.05, 4.69) is 22.3 Å². The normalized spacial score (nSPS) is 17.7. The van der Waals surface area contributed by atoms with Crippen LogP contribution in [0, 0.1) is 0 Å². The van der Waals surface area contributed by atoms with E-state index < -0.39 is 27.9 Å². The Morgan fingerprint density at radius 3 is 2.43 bits per heavy atom. The van der Waals surface area contributed by atoms with E-state index in [0.29, 0.717) is 17.7 Å². The van der Waals surface area contributed by atoms with Crippen molar-refractivity contribution in [2.24, 2.45) is 0 Å². The number of halogens is 3. The highest BCUT2D eigenvalue weighted by molar-refractivity contribution is 7.89. The Balaban J connectivity index is 1.78. The minimum atomic E-state index is -4.59. The summed E-state index contributed by atoms with van der Waals surface area (Å²) >= 11 is 0. The Morgan fingerprint density at radius 2 is 1.80 bits per heavy atom. The average molecular weight is 441 g/mol. The fourth-order valence-corrected chi connectivity index (χ4v) is 4.40. The number of alkyl halides is 3. The van der Waals surface area contributed by atoms with Crippen LogP contribution in [-0.2, 0) is 16.2 Å². The zero-order valence-electron chi connectivity index (χ0n) is 16.2. The molecule has 0 radical (unpaired) electrons. The number of nitrogens with one attached hydrogen (secondary N) is 3. The van der Waals surface area contributed by atoms with Gasteiger partial charge in [0.15, 0.2) is 0 Å². The fraction of sp³-hybridized carbons (Fsp3) is 0.350. The summed E-state index contributed by atoms with van der Waals surface area (Å²) in [6.45, 7) is 2.63. The summed E-state index contributed by atoms with van der Waals surface area (Å²) in [4.78, 5) is 11.9. The summed E-state index contributed by atoms with van der Waals surface area (Å²) in [6, 6.07) is 8.63. The molecule has 3 N–H and O–H groups in total. The van der Waals surface area contributed by atoms with Crippen LogP contribution >= 0.6 is 0 Å². The first kappa shape index (κ1) is 22.1. The van der Waals surface area contributed by atoms with E-state index in [-0.39, 0.29) is 16.5 Å². The molecule has 0 saturated carbocycles. The number of fused-ring (bicyclic) bond motifs is 1. The Labute approximate surface area is 172 Å². The van der Waals surface area contributed by atoms with Gasteiger partial charge in [0, 0.05) is 12.1 Å². The molecule has 30 heavy (non-hydrogen) atoms. The second-order valence-corrected chi connectivity index (χ2v) is 8.67. The fourth-order valence-electron chi connectivity index (χ4n) is 3.11. The third kappa shape index (κ3) is 4.93. The first-order chi connectivity index (χ1) is 14.1. The monoisotopic (exact) mass is 441 g/mol. The number of anilines is 1. The third-order valence-corrected chi connectivity index (χ3v) is 6.22. The second-order valence-electron chi connectivity index (χ2n) is 6.99. The van der Waals surface area contributed by atoms with E-state index in [1.54, 1.807) is 24.3 Å². The molecule has 0 fully saturated rings. The second kappa shape index (κ2) is 8.65. The van der Waals surface area contributed by atoms with Gasteiger partial charge in [-0.2, -0.15) is 17.9 Å². The Morgan fingerprint density at radius 1 is 1.10 bits per heavy atom. The molecule has 0 spiro atoms. The minimum Gasteiger partial charge on any atom is -0.364 e. The standard InChI is InChI=1S/C20H22F3N3O3S/c1-2-3-4-11-24-19(27)14-7-5-13(6-8-14)18-25-16-12-15(20(21,22)23)9-10-17(16)30(28,29)26-18/h5-10,12,18,25-26H,2-4,11H2,1H3,(H,24,27). The number of hydrogen-bond donors (Lipinski definition) is 3. The molecule has 162 valence electrons. The third-order valence-electron chi connectivity index (χ3n) is 4.74. The molecule has 0 aromatic heterocycles. The molecule has 1 unspecified atom stereocenters. The lowest BCUT2D eigenvalue weighted by atomic mass is 10.1. The molecule has 2 aromatic carbocycles. The molecular formula is C20H22F3N3O3S. The average Bonchev–Trinajstić information content (AvgIpc) is 2.69. The molecule has 1 aliphatic rings. The van der Waals surface area contributed by atoms with Gasteiger partial charge in [0.05, 0.1) is 11.3 Å². The van der Waals surface area contributed by atoms with Crippen LogP contribution in [0.4, 0.5) is 18.9 Å². The number of carbonyl (C=O) groups is 1. The summed E-state index contributed by atoms with van der Waals surface area (Å²) in [6.07, 6.45) is -2.61. The van der Waals surface area contributed by atoms with Gasteiger partial charge in [-0.15, -0.1) is 0 Å².